The minimum atomic E-state index is -1.23. The van der Waals surface area contributed by atoms with Gasteiger partial charge in [0.25, 0.3) is 0 Å². The number of aromatic carboxylic acids is 3. The van der Waals surface area contributed by atoms with Crippen LogP contribution >= 0.6 is 0 Å². The first-order valence-corrected chi connectivity index (χ1v) is 7.95. The van der Waals surface area contributed by atoms with Gasteiger partial charge < -0.3 is 25.2 Å². The number of carboxylic acids is 3. The van der Waals surface area contributed by atoms with Crippen LogP contribution in [-0.4, -0.2) is 57.5 Å². The maximum absolute atomic E-state index is 11.5. The van der Waals surface area contributed by atoms with E-state index in [9.17, 15) is 19.2 Å². The molecule has 148 valence electrons. The van der Waals surface area contributed by atoms with Crippen LogP contribution in [0.4, 0.5) is 0 Å². The lowest BCUT2D eigenvalue weighted by Gasteiger charge is -2.05. The quantitative estimate of drug-likeness (QED) is 0.410. The van der Waals surface area contributed by atoms with Crippen LogP contribution in [0.1, 0.15) is 47.9 Å². The lowest BCUT2D eigenvalue weighted by molar-refractivity contribution is 0.0472. The van der Waals surface area contributed by atoms with Crippen molar-refractivity contribution in [2.45, 2.75) is 6.42 Å². The van der Waals surface area contributed by atoms with Gasteiger partial charge >= 0.3 is 23.9 Å². The summed E-state index contributed by atoms with van der Waals surface area (Å²) in [5.41, 5.74) is -0.445. The van der Waals surface area contributed by atoms with Crippen LogP contribution in [0, 0.1) is 0 Å². The molecule has 0 saturated heterocycles. The first-order chi connectivity index (χ1) is 13.3. The van der Waals surface area contributed by atoms with E-state index in [1.54, 1.807) is 6.07 Å². The molecule has 0 fully saturated rings. The van der Waals surface area contributed by atoms with Crippen molar-refractivity contribution in [3.8, 4) is 0 Å². The molecular formula is C19H18O9. The Hall–Kier alpha value is -3.72. The second-order valence-corrected chi connectivity index (χ2v) is 5.22. The molecule has 0 saturated carbocycles. The fourth-order valence-electron chi connectivity index (χ4n) is 2.01. The molecule has 0 heterocycles. The first kappa shape index (κ1) is 22.3. The molecule has 9 nitrogen and oxygen atoms in total. The molecule has 0 aliphatic carbocycles. The summed E-state index contributed by atoms with van der Waals surface area (Å²) in [6, 6.07) is 11.3. The molecule has 0 aliphatic heterocycles. The van der Waals surface area contributed by atoms with Crippen LogP contribution in [-0.2, 0) is 4.74 Å². The molecule has 28 heavy (non-hydrogen) atoms. The number of esters is 1. The van der Waals surface area contributed by atoms with Crippen LogP contribution in [0.15, 0.2) is 48.5 Å². The molecule has 0 spiro atoms. The zero-order chi connectivity index (χ0) is 21.1. The Kier molecular flexibility index (Phi) is 8.84. The van der Waals surface area contributed by atoms with E-state index in [1.807, 2.05) is 0 Å². The average molecular weight is 390 g/mol. The topological polar surface area (TPSA) is 158 Å². The highest BCUT2D eigenvalue weighted by molar-refractivity contribution is 6.02. The molecule has 0 unspecified atom stereocenters. The number of carboxylic acid groups (broad SMARTS) is 3. The van der Waals surface area contributed by atoms with Gasteiger partial charge in [-0.3, -0.25) is 0 Å². The summed E-state index contributed by atoms with van der Waals surface area (Å²) in [5, 5.41) is 34.4. The van der Waals surface area contributed by atoms with Crippen molar-refractivity contribution in [1.82, 2.24) is 0 Å². The molecule has 0 aliphatic rings. The molecule has 2 aromatic rings. The van der Waals surface area contributed by atoms with Crippen molar-refractivity contribution in [2.24, 2.45) is 0 Å². The molecular weight excluding hydrogens is 372 g/mol. The number of ether oxygens (including phenoxy) is 1. The zero-order valence-corrected chi connectivity index (χ0v) is 14.6. The normalized spacial score (nSPS) is 9.61. The standard InChI is InChI=1S/C11H12O5.C8H6O4/c12-6-3-7-16-11(15)9-5-2-1-4-8(9)10(13)14;9-7(10)5-3-1-2-4-6(5)8(11)12/h1-2,4-5,12H,3,6-7H2,(H,13,14);1-4H,(H,9,10)(H,11,12). The number of carbonyl (C=O) groups is 4. The predicted octanol–water partition coefficient (Wildman–Crippen LogP) is 2.01. The molecule has 2 aromatic carbocycles. The van der Waals surface area contributed by atoms with Crippen molar-refractivity contribution in [3.05, 3.63) is 70.8 Å². The van der Waals surface area contributed by atoms with Gasteiger partial charge in [-0.05, 0) is 24.3 Å². The van der Waals surface area contributed by atoms with E-state index in [-0.39, 0.29) is 35.5 Å². The SMILES string of the molecule is O=C(O)c1ccccc1C(=O)O.O=C(O)c1ccccc1C(=O)OCCCO. The maximum Gasteiger partial charge on any atom is 0.339 e. The lowest BCUT2D eigenvalue weighted by atomic mass is 10.1. The van der Waals surface area contributed by atoms with E-state index in [4.69, 9.17) is 25.2 Å². The lowest BCUT2D eigenvalue weighted by Crippen LogP contribution is -2.12. The number of aliphatic hydroxyl groups is 1. The predicted molar refractivity (Wildman–Crippen MR) is 95.7 cm³/mol. The Labute approximate surface area is 159 Å². The third-order valence-corrected chi connectivity index (χ3v) is 3.30. The number of aliphatic hydroxyl groups excluding tert-OH is 1. The van der Waals surface area contributed by atoms with Gasteiger partial charge in [-0.2, -0.15) is 0 Å². The van der Waals surface area contributed by atoms with E-state index in [2.05, 4.69) is 0 Å². The fraction of sp³-hybridized carbons (Fsp3) is 0.158. The van der Waals surface area contributed by atoms with E-state index in [0.717, 1.165) is 0 Å². The molecule has 0 amide bonds. The zero-order valence-electron chi connectivity index (χ0n) is 14.6. The van der Waals surface area contributed by atoms with Crippen LogP contribution < -0.4 is 0 Å². The summed E-state index contributed by atoms with van der Waals surface area (Å²) < 4.78 is 4.80. The number of carbonyl (C=O) groups excluding carboxylic acids is 1. The molecule has 0 radical (unpaired) electrons. The van der Waals surface area contributed by atoms with Crippen molar-refractivity contribution in [3.63, 3.8) is 0 Å². The van der Waals surface area contributed by atoms with Crippen LogP contribution in [0.3, 0.4) is 0 Å². The largest absolute Gasteiger partial charge is 0.478 e. The smallest absolute Gasteiger partial charge is 0.339 e. The molecule has 4 N–H and O–H groups in total. The maximum atomic E-state index is 11.5. The molecule has 0 aromatic heterocycles. The minimum absolute atomic E-state index is 0.0212. The second kappa shape index (κ2) is 11.1. The van der Waals surface area contributed by atoms with Gasteiger partial charge in [0.1, 0.15) is 0 Å². The Morgan fingerprint density at radius 3 is 1.39 bits per heavy atom. The van der Waals surface area contributed by atoms with Gasteiger partial charge in [0.05, 0.1) is 28.9 Å². The number of rotatable bonds is 7. The Bertz CT molecular complexity index is 825. The van der Waals surface area contributed by atoms with Gasteiger partial charge in [0.2, 0.25) is 0 Å². The van der Waals surface area contributed by atoms with Crippen molar-refractivity contribution in [2.75, 3.05) is 13.2 Å². The second-order valence-electron chi connectivity index (χ2n) is 5.22. The minimum Gasteiger partial charge on any atom is -0.478 e. The first-order valence-electron chi connectivity index (χ1n) is 7.95. The van der Waals surface area contributed by atoms with Gasteiger partial charge in [0.15, 0.2) is 0 Å². The number of hydrogen-bond acceptors (Lipinski definition) is 6. The van der Waals surface area contributed by atoms with Crippen LogP contribution in [0.2, 0.25) is 0 Å². The monoisotopic (exact) mass is 390 g/mol. The Balaban J connectivity index is 0.000000292. The summed E-state index contributed by atoms with van der Waals surface area (Å²) in [6.45, 7) is -0.00283. The van der Waals surface area contributed by atoms with E-state index < -0.39 is 23.9 Å². The van der Waals surface area contributed by atoms with Crippen LogP contribution in [0.25, 0.3) is 0 Å². The highest BCUT2D eigenvalue weighted by atomic mass is 16.5. The molecule has 9 heteroatoms. The van der Waals surface area contributed by atoms with E-state index in [0.29, 0.717) is 6.42 Å². The molecule has 0 bridgehead atoms. The third kappa shape index (κ3) is 6.54. The van der Waals surface area contributed by atoms with Gasteiger partial charge in [-0.1, -0.05) is 24.3 Å². The van der Waals surface area contributed by atoms with Crippen LogP contribution in [0.5, 0.6) is 0 Å². The highest BCUT2D eigenvalue weighted by Crippen LogP contribution is 2.10. The van der Waals surface area contributed by atoms with Crippen molar-refractivity contribution >= 4 is 23.9 Å². The Morgan fingerprint density at radius 1 is 0.679 bits per heavy atom. The van der Waals surface area contributed by atoms with E-state index in [1.165, 1.54) is 42.5 Å². The number of hydrogen-bond donors (Lipinski definition) is 4. The third-order valence-electron chi connectivity index (χ3n) is 3.30. The summed E-state index contributed by atoms with van der Waals surface area (Å²) in [4.78, 5) is 43.2. The van der Waals surface area contributed by atoms with Gasteiger partial charge in [-0.25, -0.2) is 19.2 Å². The Morgan fingerprint density at radius 2 is 1.04 bits per heavy atom. The highest BCUT2D eigenvalue weighted by Gasteiger charge is 2.16. The molecule has 0 atom stereocenters. The van der Waals surface area contributed by atoms with Gasteiger partial charge in [-0.15, -0.1) is 0 Å². The summed E-state index contributed by atoms with van der Waals surface area (Å²) >= 11 is 0. The molecule has 2 rings (SSSR count). The van der Waals surface area contributed by atoms with Crippen molar-refractivity contribution < 1.29 is 44.3 Å². The summed E-state index contributed by atoms with van der Waals surface area (Å²) in [7, 11) is 0. The van der Waals surface area contributed by atoms with Gasteiger partial charge in [0, 0.05) is 13.0 Å². The average Bonchev–Trinajstić information content (AvgIpc) is 2.68. The van der Waals surface area contributed by atoms with Crippen molar-refractivity contribution in [1.29, 1.82) is 0 Å². The summed E-state index contributed by atoms with van der Waals surface area (Å²) in [6.07, 6.45) is 0.334. The fourth-order valence-corrected chi connectivity index (χ4v) is 2.01. The summed E-state index contributed by atoms with van der Waals surface area (Å²) in [5.74, 6) is -4.32. The number of benzene rings is 2. The van der Waals surface area contributed by atoms with E-state index >= 15 is 0 Å².